The predicted molar refractivity (Wildman–Crippen MR) is 97.3 cm³/mol. The molecular weight excluding hydrogens is 348 g/mol. The van der Waals surface area contributed by atoms with Gasteiger partial charge in [-0.05, 0) is 18.6 Å². The lowest BCUT2D eigenvalue weighted by molar-refractivity contribution is -0.138. The third-order valence-corrected chi connectivity index (χ3v) is 4.85. The second-order valence-electron chi connectivity index (χ2n) is 5.31. The summed E-state index contributed by atoms with van der Waals surface area (Å²) in [7, 11) is 0. The van der Waals surface area contributed by atoms with E-state index in [-0.39, 0.29) is 13.0 Å². The van der Waals surface area contributed by atoms with Gasteiger partial charge in [0.2, 0.25) is 5.91 Å². The minimum atomic E-state index is -1.10. The molecule has 24 heavy (non-hydrogen) atoms. The molecule has 8 heteroatoms. The van der Waals surface area contributed by atoms with Gasteiger partial charge in [-0.1, -0.05) is 53.8 Å². The van der Waals surface area contributed by atoms with Crippen LogP contribution in [0.1, 0.15) is 17.5 Å². The third kappa shape index (κ3) is 5.05. The standard InChI is InChI=1S/C16H18N2O4S2/c1-10-2-4-11(5-3-10)8-12-15(22)18(16(23)24-12)7-6-13(19)17-9-14(20)21/h2-5,8,15,22H,6-7,9H2,1H3,(H,17,19)(H,20,21)/b12-8+. The summed E-state index contributed by atoms with van der Waals surface area (Å²) in [6, 6.07) is 7.89. The molecular formula is C16H18N2O4S2. The molecule has 1 aromatic carbocycles. The molecule has 6 nitrogen and oxygen atoms in total. The zero-order valence-electron chi connectivity index (χ0n) is 13.1. The zero-order chi connectivity index (χ0) is 17.7. The van der Waals surface area contributed by atoms with Gasteiger partial charge in [-0.15, -0.1) is 0 Å². The largest absolute Gasteiger partial charge is 0.480 e. The Balaban J connectivity index is 1.95. The lowest BCUT2D eigenvalue weighted by atomic mass is 10.1. The van der Waals surface area contributed by atoms with Crippen LogP contribution in [-0.2, 0) is 9.59 Å². The van der Waals surface area contributed by atoms with E-state index in [0.29, 0.717) is 9.23 Å². The number of carbonyl (C=O) groups is 2. The fraction of sp³-hybridized carbons (Fsp3) is 0.312. The maximum absolute atomic E-state index is 11.6. The van der Waals surface area contributed by atoms with Gasteiger partial charge in [0.25, 0.3) is 0 Å². The molecule has 1 unspecified atom stereocenters. The van der Waals surface area contributed by atoms with Crippen molar-refractivity contribution < 1.29 is 19.8 Å². The molecule has 0 bridgehead atoms. The number of aliphatic hydroxyl groups is 1. The van der Waals surface area contributed by atoms with Gasteiger partial charge in [-0.25, -0.2) is 0 Å². The highest BCUT2D eigenvalue weighted by molar-refractivity contribution is 8.25. The van der Waals surface area contributed by atoms with Gasteiger partial charge in [0.1, 0.15) is 10.9 Å². The number of aliphatic carboxylic acids is 1. The average molecular weight is 366 g/mol. The van der Waals surface area contributed by atoms with Crippen LogP contribution in [0.4, 0.5) is 0 Å². The molecule has 128 valence electrons. The lowest BCUT2D eigenvalue weighted by Gasteiger charge is -2.21. The number of hydrogen-bond donors (Lipinski definition) is 3. The second-order valence-corrected chi connectivity index (χ2v) is 7.02. The second kappa shape index (κ2) is 8.27. The van der Waals surface area contributed by atoms with E-state index >= 15 is 0 Å². The molecule has 1 aliphatic rings. The highest BCUT2D eigenvalue weighted by Crippen LogP contribution is 2.35. The normalized spacial score (nSPS) is 18.9. The fourth-order valence-electron chi connectivity index (χ4n) is 2.09. The number of hydrogen-bond acceptors (Lipinski definition) is 5. The summed E-state index contributed by atoms with van der Waals surface area (Å²) in [4.78, 5) is 24.2. The number of thiocarbonyl (C=S) groups is 1. The Morgan fingerprint density at radius 3 is 2.67 bits per heavy atom. The number of carboxylic acids is 1. The summed E-state index contributed by atoms with van der Waals surface area (Å²) in [5.74, 6) is -1.49. The van der Waals surface area contributed by atoms with Gasteiger partial charge in [0.05, 0.1) is 0 Å². The van der Waals surface area contributed by atoms with Crippen LogP contribution < -0.4 is 5.32 Å². The summed E-state index contributed by atoms with van der Waals surface area (Å²) in [6.45, 7) is 1.81. The number of rotatable bonds is 6. The number of aliphatic hydroxyl groups excluding tert-OH is 1. The number of nitrogens with one attached hydrogen (secondary N) is 1. The molecule has 0 aliphatic carbocycles. The molecule has 1 aliphatic heterocycles. The van der Waals surface area contributed by atoms with E-state index in [1.54, 1.807) is 4.90 Å². The van der Waals surface area contributed by atoms with E-state index in [1.807, 2.05) is 37.3 Å². The van der Waals surface area contributed by atoms with Gasteiger partial charge in [0, 0.05) is 17.9 Å². The van der Waals surface area contributed by atoms with Crippen molar-refractivity contribution in [2.75, 3.05) is 13.1 Å². The molecule has 1 fully saturated rings. The molecule has 0 aromatic heterocycles. The number of thioether (sulfide) groups is 1. The summed E-state index contributed by atoms with van der Waals surface area (Å²) in [6.07, 6.45) is 1.03. The Morgan fingerprint density at radius 2 is 2.04 bits per heavy atom. The Bertz CT molecular complexity index is 673. The van der Waals surface area contributed by atoms with Crippen LogP contribution in [0.5, 0.6) is 0 Å². The minimum absolute atomic E-state index is 0.0584. The predicted octanol–water partition coefficient (Wildman–Crippen LogP) is 1.58. The van der Waals surface area contributed by atoms with Crippen molar-refractivity contribution >= 4 is 46.3 Å². The number of amides is 1. The first-order valence-electron chi connectivity index (χ1n) is 7.30. The fourth-order valence-corrected chi connectivity index (χ4v) is 3.51. The van der Waals surface area contributed by atoms with Crippen LogP contribution in [0.15, 0.2) is 29.2 Å². The Morgan fingerprint density at radius 1 is 1.38 bits per heavy atom. The first-order chi connectivity index (χ1) is 11.4. The van der Waals surface area contributed by atoms with E-state index in [4.69, 9.17) is 17.3 Å². The van der Waals surface area contributed by atoms with Crippen molar-refractivity contribution in [1.29, 1.82) is 0 Å². The number of nitrogens with zero attached hydrogens (tertiary/aromatic N) is 1. The van der Waals surface area contributed by atoms with Gasteiger partial charge >= 0.3 is 5.97 Å². The van der Waals surface area contributed by atoms with Crippen LogP contribution in [0, 0.1) is 6.92 Å². The summed E-state index contributed by atoms with van der Waals surface area (Å²) >= 11 is 6.55. The van der Waals surface area contributed by atoms with Crippen molar-refractivity contribution in [3.63, 3.8) is 0 Å². The number of benzene rings is 1. The summed E-state index contributed by atoms with van der Waals surface area (Å²) in [5.41, 5.74) is 2.12. The summed E-state index contributed by atoms with van der Waals surface area (Å²) in [5, 5.41) is 21.2. The van der Waals surface area contributed by atoms with Gasteiger partial charge < -0.3 is 20.4 Å². The van der Waals surface area contributed by atoms with E-state index in [9.17, 15) is 14.7 Å². The number of carbonyl (C=O) groups excluding carboxylic acids is 1. The Labute approximate surface area is 149 Å². The Hall–Kier alpha value is -1.90. The van der Waals surface area contributed by atoms with Crippen LogP contribution in [0.25, 0.3) is 6.08 Å². The van der Waals surface area contributed by atoms with Crippen molar-refractivity contribution in [2.24, 2.45) is 0 Å². The molecule has 1 atom stereocenters. The topological polar surface area (TPSA) is 89.9 Å². The maximum atomic E-state index is 11.6. The number of aryl methyl sites for hydroxylation is 1. The molecule has 1 amide bonds. The number of carboxylic acid groups (broad SMARTS) is 1. The molecule has 1 saturated heterocycles. The van der Waals surface area contributed by atoms with Gasteiger partial charge in [0.15, 0.2) is 6.23 Å². The van der Waals surface area contributed by atoms with E-state index in [0.717, 1.165) is 11.1 Å². The molecule has 0 saturated carbocycles. The van der Waals surface area contributed by atoms with Crippen molar-refractivity contribution in [3.05, 3.63) is 40.3 Å². The van der Waals surface area contributed by atoms with E-state index in [1.165, 1.54) is 11.8 Å². The van der Waals surface area contributed by atoms with Crippen molar-refractivity contribution in [2.45, 2.75) is 19.6 Å². The van der Waals surface area contributed by atoms with E-state index < -0.39 is 24.6 Å². The van der Waals surface area contributed by atoms with Crippen LogP contribution in [0.3, 0.4) is 0 Å². The molecule has 3 N–H and O–H groups in total. The monoisotopic (exact) mass is 366 g/mol. The van der Waals surface area contributed by atoms with Crippen molar-refractivity contribution in [3.8, 4) is 0 Å². The molecule has 0 spiro atoms. The highest BCUT2D eigenvalue weighted by Gasteiger charge is 2.32. The van der Waals surface area contributed by atoms with E-state index in [2.05, 4.69) is 5.32 Å². The quantitative estimate of drug-likeness (QED) is 0.659. The maximum Gasteiger partial charge on any atom is 0.322 e. The van der Waals surface area contributed by atoms with Gasteiger partial charge in [-0.3, -0.25) is 9.59 Å². The van der Waals surface area contributed by atoms with Crippen molar-refractivity contribution in [1.82, 2.24) is 10.2 Å². The Kier molecular flexibility index (Phi) is 6.36. The zero-order valence-corrected chi connectivity index (χ0v) is 14.7. The first kappa shape index (κ1) is 18.4. The molecule has 2 rings (SSSR count). The SMILES string of the molecule is Cc1ccc(/C=C2/SC(=S)N(CCC(=O)NCC(=O)O)C2O)cc1. The third-order valence-electron chi connectivity index (χ3n) is 3.39. The van der Waals surface area contributed by atoms with Crippen LogP contribution >= 0.6 is 24.0 Å². The van der Waals surface area contributed by atoms with Crippen LogP contribution in [-0.4, -0.2) is 50.6 Å². The summed E-state index contributed by atoms with van der Waals surface area (Å²) < 4.78 is 0.492. The smallest absolute Gasteiger partial charge is 0.322 e. The first-order valence-corrected chi connectivity index (χ1v) is 8.52. The van der Waals surface area contributed by atoms with Crippen LogP contribution in [0.2, 0.25) is 0 Å². The lowest BCUT2D eigenvalue weighted by Crippen LogP contribution is -2.37. The highest BCUT2D eigenvalue weighted by atomic mass is 32.2. The minimum Gasteiger partial charge on any atom is -0.480 e. The molecule has 1 heterocycles. The van der Waals surface area contributed by atoms with Gasteiger partial charge in [-0.2, -0.15) is 0 Å². The molecule has 0 radical (unpaired) electrons. The average Bonchev–Trinajstić information content (AvgIpc) is 2.79. The molecule has 1 aromatic rings.